The molecule has 7 heteroatoms. The van der Waals surface area contributed by atoms with Crippen LogP contribution in [0, 0.1) is 6.92 Å². The minimum absolute atomic E-state index is 0.126. The van der Waals surface area contributed by atoms with Crippen molar-refractivity contribution in [2.45, 2.75) is 25.7 Å². The monoisotopic (exact) mass is 392 g/mol. The number of benzene rings is 2. The molecule has 0 radical (unpaired) electrons. The van der Waals surface area contributed by atoms with E-state index in [0.717, 1.165) is 18.4 Å². The second-order valence-corrected chi connectivity index (χ2v) is 7.21. The van der Waals surface area contributed by atoms with Gasteiger partial charge in [0, 0.05) is 24.6 Å². The lowest BCUT2D eigenvalue weighted by atomic mass is 9.97. The Balaban J connectivity index is 1.36. The van der Waals surface area contributed by atoms with Gasteiger partial charge < -0.3 is 19.5 Å². The predicted octanol–water partition coefficient (Wildman–Crippen LogP) is 4.47. The van der Waals surface area contributed by atoms with Crippen LogP contribution in [0.15, 0.2) is 53.1 Å². The highest BCUT2D eigenvalue weighted by molar-refractivity contribution is 5.91. The third-order valence-corrected chi connectivity index (χ3v) is 5.23. The van der Waals surface area contributed by atoms with E-state index in [4.69, 9.17) is 9.26 Å². The van der Waals surface area contributed by atoms with Crippen LogP contribution in [0.1, 0.15) is 30.2 Å². The van der Waals surface area contributed by atoms with Crippen molar-refractivity contribution in [2.75, 3.05) is 25.5 Å². The molecule has 0 saturated carbocycles. The second-order valence-electron chi connectivity index (χ2n) is 7.21. The number of nitrogens with zero attached hydrogens (tertiary/aromatic N) is 3. The number of likely N-dealkylation sites (tertiary alicyclic amines) is 1. The van der Waals surface area contributed by atoms with E-state index in [-0.39, 0.29) is 11.9 Å². The summed E-state index contributed by atoms with van der Waals surface area (Å²) in [6.07, 6.45) is 1.57. The molecule has 1 aliphatic heterocycles. The van der Waals surface area contributed by atoms with Gasteiger partial charge in [-0.2, -0.15) is 4.98 Å². The summed E-state index contributed by atoms with van der Waals surface area (Å²) in [5.74, 6) is 2.06. The van der Waals surface area contributed by atoms with Crippen LogP contribution >= 0.6 is 0 Å². The van der Waals surface area contributed by atoms with Crippen molar-refractivity contribution >= 4 is 11.7 Å². The molecule has 2 amide bonds. The van der Waals surface area contributed by atoms with E-state index in [1.807, 2.05) is 55.5 Å². The van der Waals surface area contributed by atoms with E-state index in [0.29, 0.717) is 36.2 Å². The summed E-state index contributed by atoms with van der Waals surface area (Å²) in [5, 5.41) is 7.05. The number of aromatic nitrogens is 2. The molecule has 2 heterocycles. The molecule has 0 unspecified atom stereocenters. The number of hydrogen-bond donors (Lipinski definition) is 1. The quantitative estimate of drug-likeness (QED) is 0.709. The number of urea groups is 1. The van der Waals surface area contributed by atoms with Crippen molar-refractivity contribution in [1.82, 2.24) is 15.0 Å². The number of hydrogen-bond acceptors (Lipinski definition) is 5. The Kier molecular flexibility index (Phi) is 5.46. The van der Waals surface area contributed by atoms with Gasteiger partial charge in [-0.15, -0.1) is 0 Å². The number of methoxy groups -OCH3 is 1. The summed E-state index contributed by atoms with van der Waals surface area (Å²) in [7, 11) is 1.59. The topological polar surface area (TPSA) is 80.5 Å². The second kappa shape index (κ2) is 8.34. The average Bonchev–Trinajstić information content (AvgIpc) is 3.25. The Hall–Kier alpha value is -3.35. The van der Waals surface area contributed by atoms with E-state index < -0.39 is 0 Å². The molecule has 1 fully saturated rings. The van der Waals surface area contributed by atoms with Crippen LogP contribution in [0.3, 0.4) is 0 Å². The maximum absolute atomic E-state index is 12.6. The third kappa shape index (κ3) is 4.23. The fourth-order valence-corrected chi connectivity index (χ4v) is 3.49. The number of nitrogens with one attached hydrogen (secondary N) is 1. The Morgan fingerprint density at radius 2 is 1.86 bits per heavy atom. The van der Waals surface area contributed by atoms with Crippen LogP contribution in [0.2, 0.25) is 0 Å². The first-order valence-electron chi connectivity index (χ1n) is 9.73. The zero-order valence-electron chi connectivity index (χ0n) is 16.6. The Morgan fingerprint density at radius 3 is 2.59 bits per heavy atom. The fourth-order valence-electron chi connectivity index (χ4n) is 3.49. The van der Waals surface area contributed by atoms with Crippen molar-refractivity contribution in [3.8, 4) is 17.1 Å². The number of piperidine rings is 1. The first kappa shape index (κ1) is 19.0. The van der Waals surface area contributed by atoms with Crippen molar-refractivity contribution in [2.24, 2.45) is 0 Å². The maximum Gasteiger partial charge on any atom is 0.321 e. The summed E-state index contributed by atoms with van der Waals surface area (Å²) < 4.78 is 10.8. The third-order valence-electron chi connectivity index (χ3n) is 5.23. The number of amides is 2. The molecule has 2 aromatic carbocycles. The van der Waals surface area contributed by atoms with Gasteiger partial charge in [0.1, 0.15) is 5.75 Å². The normalized spacial score (nSPS) is 14.6. The van der Waals surface area contributed by atoms with Gasteiger partial charge in [0.05, 0.1) is 12.8 Å². The van der Waals surface area contributed by atoms with E-state index in [2.05, 4.69) is 15.5 Å². The molecule has 1 aromatic heterocycles. The molecule has 7 nitrogen and oxygen atoms in total. The van der Waals surface area contributed by atoms with Gasteiger partial charge in [0.25, 0.3) is 0 Å². The molecule has 3 aromatic rings. The number of ether oxygens (including phenoxy) is 1. The molecule has 1 N–H and O–H groups in total. The van der Waals surface area contributed by atoms with Crippen LogP contribution in [-0.4, -0.2) is 41.3 Å². The van der Waals surface area contributed by atoms with Gasteiger partial charge in [-0.25, -0.2) is 4.79 Å². The number of aryl methyl sites for hydroxylation is 1. The van der Waals surface area contributed by atoms with Gasteiger partial charge in [0.15, 0.2) is 0 Å². The fraction of sp³-hybridized carbons (Fsp3) is 0.318. The summed E-state index contributed by atoms with van der Waals surface area (Å²) in [6, 6.07) is 15.3. The molecule has 1 aliphatic rings. The first-order chi connectivity index (χ1) is 14.1. The zero-order valence-corrected chi connectivity index (χ0v) is 16.6. The summed E-state index contributed by atoms with van der Waals surface area (Å²) in [6.45, 7) is 3.31. The number of carbonyl (C=O) groups excluding carboxylic acids is 1. The molecule has 0 atom stereocenters. The van der Waals surface area contributed by atoms with Gasteiger partial charge in [0.2, 0.25) is 11.7 Å². The van der Waals surface area contributed by atoms with Crippen LogP contribution in [0.25, 0.3) is 11.4 Å². The van der Waals surface area contributed by atoms with Crippen LogP contribution in [0.5, 0.6) is 5.75 Å². The molecule has 4 rings (SSSR count). The summed E-state index contributed by atoms with van der Waals surface area (Å²) in [4.78, 5) is 19.0. The Bertz CT molecular complexity index is 976. The highest BCUT2D eigenvalue weighted by atomic mass is 16.5. The average molecular weight is 392 g/mol. The van der Waals surface area contributed by atoms with Gasteiger partial charge in [-0.3, -0.25) is 0 Å². The van der Waals surface area contributed by atoms with Gasteiger partial charge in [-0.05, 0) is 31.9 Å². The number of para-hydroxylation sites is 2. The largest absolute Gasteiger partial charge is 0.495 e. The predicted molar refractivity (Wildman–Crippen MR) is 110 cm³/mol. The van der Waals surface area contributed by atoms with Crippen molar-refractivity contribution in [3.05, 3.63) is 60.0 Å². The highest BCUT2D eigenvalue weighted by Crippen LogP contribution is 2.29. The number of rotatable bonds is 4. The molecular formula is C22H24N4O3. The Morgan fingerprint density at radius 1 is 1.14 bits per heavy atom. The molecule has 0 bridgehead atoms. The van der Waals surface area contributed by atoms with Gasteiger partial charge in [-0.1, -0.05) is 47.1 Å². The lowest BCUT2D eigenvalue weighted by Gasteiger charge is -2.30. The minimum Gasteiger partial charge on any atom is -0.495 e. The molecule has 29 heavy (non-hydrogen) atoms. The highest BCUT2D eigenvalue weighted by Gasteiger charge is 2.28. The molecular weight excluding hydrogens is 368 g/mol. The lowest BCUT2D eigenvalue weighted by molar-refractivity contribution is 0.187. The standard InChI is InChI=1S/C22H24N4O3/c1-15-7-9-16(10-8-15)20-24-21(29-25-20)17-11-13-26(14-12-17)22(27)23-18-5-3-4-6-19(18)28-2/h3-10,17H,11-14H2,1-2H3,(H,23,27). The lowest BCUT2D eigenvalue weighted by Crippen LogP contribution is -2.40. The van der Waals surface area contributed by atoms with Crippen molar-refractivity contribution in [3.63, 3.8) is 0 Å². The van der Waals surface area contributed by atoms with Crippen molar-refractivity contribution in [1.29, 1.82) is 0 Å². The molecule has 0 spiro atoms. The summed E-state index contributed by atoms with van der Waals surface area (Å²) >= 11 is 0. The zero-order chi connectivity index (χ0) is 20.2. The first-order valence-corrected chi connectivity index (χ1v) is 9.73. The van der Waals surface area contributed by atoms with Crippen LogP contribution < -0.4 is 10.1 Å². The van der Waals surface area contributed by atoms with E-state index >= 15 is 0 Å². The number of anilines is 1. The Labute approximate surface area is 169 Å². The summed E-state index contributed by atoms with van der Waals surface area (Å²) in [5.41, 5.74) is 2.80. The molecule has 1 saturated heterocycles. The van der Waals surface area contributed by atoms with Crippen LogP contribution in [0.4, 0.5) is 10.5 Å². The van der Waals surface area contributed by atoms with E-state index in [9.17, 15) is 4.79 Å². The minimum atomic E-state index is -0.126. The molecule has 150 valence electrons. The van der Waals surface area contributed by atoms with E-state index in [1.165, 1.54) is 5.56 Å². The SMILES string of the molecule is COc1ccccc1NC(=O)N1CCC(c2nc(-c3ccc(C)cc3)no2)CC1. The van der Waals surface area contributed by atoms with Crippen LogP contribution in [-0.2, 0) is 0 Å². The smallest absolute Gasteiger partial charge is 0.321 e. The number of carbonyl (C=O) groups is 1. The van der Waals surface area contributed by atoms with E-state index in [1.54, 1.807) is 12.0 Å². The maximum atomic E-state index is 12.6. The molecule has 0 aliphatic carbocycles. The van der Waals surface area contributed by atoms with Gasteiger partial charge >= 0.3 is 6.03 Å². The van der Waals surface area contributed by atoms with Crippen molar-refractivity contribution < 1.29 is 14.1 Å².